The molecule has 0 spiro atoms. The molecule has 2 saturated heterocycles. The van der Waals surface area contributed by atoms with Crippen LogP contribution in [0.2, 0.25) is 0 Å². The van der Waals surface area contributed by atoms with Gasteiger partial charge in [-0.1, -0.05) is 0 Å². The Morgan fingerprint density at radius 2 is 1.76 bits per heavy atom. The number of piperazine rings is 1. The van der Waals surface area contributed by atoms with Gasteiger partial charge >= 0.3 is 6.03 Å². The molecule has 0 aliphatic carbocycles. The van der Waals surface area contributed by atoms with Crippen LogP contribution in [-0.4, -0.2) is 78.6 Å². The topological polar surface area (TPSA) is 64.7 Å². The van der Waals surface area contributed by atoms with E-state index in [4.69, 9.17) is 0 Å². The number of nitrogens with zero attached hydrogens (tertiary/aromatic N) is 2. The van der Waals surface area contributed by atoms with Gasteiger partial charge in [0.05, 0.1) is 5.75 Å². The lowest BCUT2D eigenvalue weighted by molar-refractivity contribution is -0.129. The molecular formula is C14H26N4O2S. The van der Waals surface area contributed by atoms with E-state index in [9.17, 15) is 9.59 Å². The van der Waals surface area contributed by atoms with E-state index in [1.165, 1.54) is 0 Å². The van der Waals surface area contributed by atoms with Crippen LogP contribution < -0.4 is 10.6 Å². The molecule has 21 heavy (non-hydrogen) atoms. The van der Waals surface area contributed by atoms with Crippen molar-refractivity contribution >= 4 is 23.7 Å². The lowest BCUT2D eigenvalue weighted by Gasteiger charge is -2.35. The highest BCUT2D eigenvalue weighted by Crippen LogP contribution is 2.20. The maximum Gasteiger partial charge on any atom is 0.317 e. The molecule has 0 saturated carbocycles. The van der Waals surface area contributed by atoms with E-state index >= 15 is 0 Å². The molecule has 0 atom stereocenters. The largest absolute Gasteiger partial charge is 0.338 e. The van der Waals surface area contributed by atoms with Crippen LogP contribution in [0.1, 0.15) is 19.8 Å². The van der Waals surface area contributed by atoms with E-state index in [-0.39, 0.29) is 11.9 Å². The number of piperidine rings is 1. The summed E-state index contributed by atoms with van der Waals surface area (Å²) in [5.74, 6) is 0.792. The predicted molar refractivity (Wildman–Crippen MR) is 85.6 cm³/mol. The van der Waals surface area contributed by atoms with Crippen molar-refractivity contribution in [1.29, 1.82) is 0 Å². The third-order valence-corrected chi connectivity index (χ3v) is 5.33. The summed E-state index contributed by atoms with van der Waals surface area (Å²) in [6.07, 6.45) is 2.31. The first-order valence-electron chi connectivity index (χ1n) is 7.83. The van der Waals surface area contributed by atoms with Crippen molar-refractivity contribution < 1.29 is 9.59 Å². The second-order valence-corrected chi connectivity index (χ2v) is 6.75. The summed E-state index contributed by atoms with van der Waals surface area (Å²) in [6.45, 7) is 7.27. The summed E-state index contributed by atoms with van der Waals surface area (Å²) in [4.78, 5) is 27.6. The van der Waals surface area contributed by atoms with Crippen molar-refractivity contribution in [1.82, 2.24) is 20.4 Å². The molecule has 0 aromatic carbocycles. The second-order valence-electron chi connectivity index (χ2n) is 5.46. The molecule has 0 aromatic heterocycles. The zero-order valence-corrected chi connectivity index (χ0v) is 13.6. The summed E-state index contributed by atoms with van der Waals surface area (Å²) in [5, 5.41) is 6.76. The fraction of sp³-hybridized carbons (Fsp3) is 0.857. The van der Waals surface area contributed by atoms with E-state index in [0.717, 1.165) is 25.9 Å². The standard InChI is InChI=1S/C14H26N4O2S/c1-2-16-14(20)18-9-7-17(8-10-18)13(19)11-21-12-3-5-15-6-4-12/h12,15H,2-11H2,1H3,(H,16,20). The van der Waals surface area contributed by atoms with Gasteiger partial charge in [-0.05, 0) is 32.9 Å². The first kappa shape index (κ1) is 16.4. The van der Waals surface area contributed by atoms with Crippen LogP contribution in [0.5, 0.6) is 0 Å². The molecule has 2 aliphatic heterocycles. The van der Waals surface area contributed by atoms with Crippen molar-refractivity contribution in [3.8, 4) is 0 Å². The molecule has 6 nitrogen and oxygen atoms in total. The molecule has 2 N–H and O–H groups in total. The monoisotopic (exact) mass is 314 g/mol. The zero-order valence-electron chi connectivity index (χ0n) is 12.8. The van der Waals surface area contributed by atoms with Crippen molar-refractivity contribution in [2.24, 2.45) is 0 Å². The Morgan fingerprint density at radius 3 is 2.38 bits per heavy atom. The Hall–Kier alpha value is -0.950. The SMILES string of the molecule is CCNC(=O)N1CCN(C(=O)CSC2CCNCC2)CC1. The van der Waals surface area contributed by atoms with Crippen LogP contribution in [0.4, 0.5) is 4.79 Å². The molecule has 2 fully saturated rings. The molecule has 0 bridgehead atoms. The number of hydrogen-bond donors (Lipinski definition) is 2. The minimum Gasteiger partial charge on any atom is -0.338 e. The Balaban J connectivity index is 1.66. The van der Waals surface area contributed by atoms with Crippen LogP contribution in [0.25, 0.3) is 0 Å². The van der Waals surface area contributed by atoms with E-state index in [1.54, 1.807) is 16.7 Å². The number of thioether (sulfide) groups is 1. The number of nitrogens with one attached hydrogen (secondary N) is 2. The summed E-state index contributed by atoms with van der Waals surface area (Å²) < 4.78 is 0. The third kappa shape index (κ3) is 5.07. The molecule has 2 aliphatic rings. The van der Waals surface area contributed by atoms with Crippen LogP contribution in [0.3, 0.4) is 0 Å². The van der Waals surface area contributed by atoms with Crippen molar-refractivity contribution in [3.05, 3.63) is 0 Å². The molecule has 120 valence electrons. The lowest BCUT2D eigenvalue weighted by Crippen LogP contribution is -2.53. The highest BCUT2D eigenvalue weighted by atomic mass is 32.2. The van der Waals surface area contributed by atoms with Gasteiger partial charge in [0, 0.05) is 38.0 Å². The van der Waals surface area contributed by atoms with Crippen LogP contribution in [0.15, 0.2) is 0 Å². The number of amides is 3. The second kappa shape index (κ2) is 8.48. The van der Waals surface area contributed by atoms with Gasteiger partial charge in [0.1, 0.15) is 0 Å². The summed E-state index contributed by atoms with van der Waals surface area (Å²) in [7, 11) is 0. The van der Waals surface area contributed by atoms with E-state index in [0.29, 0.717) is 43.7 Å². The van der Waals surface area contributed by atoms with Crippen molar-refractivity contribution in [3.63, 3.8) is 0 Å². The summed E-state index contributed by atoms with van der Waals surface area (Å²) in [6, 6.07) is -0.0197. The van der Waals surface area contributed by atoms with Gasteiger partial charge in [0.25, 0.3) is 0 Å². The molecule has 0 unspecified atom stereocenters. The molecule has 7 heteroatoms. The first-order valence-corrected chi connectivity index (χ1v) is 8.88. The maximum absolute atomic E-state index is 12.2. The van der Waals surface area contributed by atoms with Crippen molar-refractivity contribution in [2.45, 2.75) is 25.0 Å². The fourth-order valence-electron chi connectivity index (χ4n) is 2.66. The Morgan fingerprint density at radius 1 is 1.14 bits per heavy atom. The minimum atomic E-state index is -0.0197. The van der Waals surface area contributed by atoms with Crippen LogP contribution in [-0.2, 0) is 4.79 Å². The maximum atomic E-state index is 12.2. The molecule has 2 rings (SSSR count). The molecule has 0 aromatic rings. The van der Waals surface area contributed by atoms with Gasteiger partial charge in [0.15, 0.2) is 0 Å². The third-order valence-electron chi connectivity index (χ3n) is 3.98. The fourth-order valence-corrected chi connectivity index (χ4v) is 3.79. The number of carbonyl (C=O) groups is 2. The number of hydrogen-bond acceptors (Lipinski definition) is 4. The predicted octanol–water partition coefficient (Wildman–Crippen LogP) is 0.345. The highest BCUT2D eigenvalue weighted by Gasteiger charge is 2.24. The Labute approximate surface area is 131 Å². The molecular weight excluding hydrogens is 288 g/mol. The van der Waals surface area contributed by atoms with Crippen molar-refractivity contribution in [2.75, 3.05) is 51.6 Å². The Bertz CT molecular complexity index is 353. The Kier molecular flexibility index (Phi) is 6.63. The van der Waals surface area contributed by atoms with Gasteiger partial charge in [-0.25, -0.2) is 4.79 Å². The van der Waals surface area contributed by atoms with E-state index < -0.39 is 0 Å². The lowest BCUT2D eigenvalue weighted by atomic mass is 10.2. The zero-order chi connectivity index (χ0) is 15.1. The number of rotatable bonds is 4. The van der Waals surface area contributed by atoms with Crippen LogP contribution in [0, 0.1) is 0 Å². The van der Waals surface area contributed by atoms with Gasteiger partial charge < -0.3 is 20.4 Å². The van der Waals surface area contributed by atoms with Gasteiger partial charge in [-0.2, -0.15) is 0 Å². The van der Waals surface area contributed by atoms with E-state index in [2.05, 4.69) is 10.6 Å². The van der Waals surface area contributed by atoms with Gasteiger partial charge in [-0.3, -0.25) is 4.79 Å². The number of carbonyl (C=O) groups excluding carboxylic acids is 2. The summed E-state index contributed by atoms with van der Waals surface area (Å²) in [5.41, 5.74) is 0. The van der Waals surface area contributed by atoms with Crippen LogP contribution >= 0.6 is 11.8 Å². The smallest absolute Gasteiger partial charge is 0.317 e. The quantitative estimate of drug-likeness (QED) is 0.786. The molecule has 2 heterocycles. The minimum absolute atomic E-state index is 0.0197. The average Bonchev–Trinajstić information content (AvgIpc) is 2.54. The molecule has 3 amide bonds. The van der Waals surface area contributed by atoms with E-state index in [1.807, 2.05) is 11.8 Å². The molecule has 0 radical (unpaired) electrons. The number of urea groups is 1. The summed E-state index contributed by atoms with van der Waals surface area (Å²) >= 11 is 1.79. The average molecular weight is 314 g/mol. The normalized spacial score (nSPS) is 20.4. The highest BCUT2D eigenvalue weighted by molar-refractivity contribution is 8.00. The van der Waals surface area contributed by atoms with Gasteiger partial charge in [0.2, 0.25) is 5.91 Å². The van der Waals surface area contributed by atoms with Gasteiger partial charge in [-0.15, -0.1) is 11.8 Å². The first-order chi connectivity index (χ1) is 10.2.